The fraction of sp³-hybridized carbons (Fsp3) is 0.235. The molecule has 0 aromatic heterocycles. The summed E-state index contributed by atoms with van der Waals surface area (Å²) in [7, 11) is -3.52. The number of ether oxygens (including phenoxy) is 1. The van der Waals surface area contributed by atoms with E-state index >= 15 is 0 Å². The molecule has 0 bridgehead atoms. The van der Waals surface area contributed by atoms with Gasteiger partial charge in [-0.25, -0.2) is 13.1 Å². The Bertz CT molecular complexity index is 863. The van der Waals surface area contributed by atoms with Gasteiger partial charge in [-0.15, -0.1) is 0 Å². The molecular formula is C17H17BrF3NO4S. The molecule has 0 spiro atoms. The zero-order valence-electron chi connectivity index (χ0n) is 14.2. The van der Waals surface area contributed by atoms with Crippen LogP contribution in [-0.4, -0.2) is 27.5 Å². The molecule has 0 saturated heterocycles. The van der Waals surface area contributed by atoms with Crippen LogP contribution in [0.1, 0.15) is 12.0 Å². The number of benzene rings is 1. The van der Waals surface area contributed by atoms with Crippen LogP contribution in [0.15, 0.2) is 64.5 Å². The predicted molar refractivity (Wildman–Crippen MR) is 98.5 cm³/mol. The average molecular weight is 468 g/mol. The van der Waals surface area contributed by atoms with Crippen molar-refractivity contribution in [3.8, 4) is 0 Å². The number of carbonyl (C=O) groups excluding carboxylic acids is 1. The van der Waals surface area contributed by atoms with E-state index in [1.165, 1.54) is 18.2 Å². The summed E-state index contributed by atoms with van der Waals surface area (Å²) < 4.78 is 71.7. The second-order valence-electron chi connectivity index (χ2n) is 5.24. The first-order valence-corrected chi connectivity index (χ1v) is 9.63. The molecule has 0 fully saturated rings. The molecule has 5 nitrogen and oxygen atoms in total. The maximum atomic E-state index is 13.2. The number of halogens is 4. The van der Waals surface area contributed by atoms with E-state index in [1.807, 2.05) is 0 Å². The Morgan fingerprint density at radius 1 is 1.37 bits per heavy atom. The van der Waals surface area contributed by atoms with Gasteiger partial charge in [0.05, 0.1) is 30.0 Å². The minimum absolute atomic E-state index is 0.218. The molecule has 0 aliphatic rings. The first-order valence-electron chi connectivity index (χ1n) is 7.36. The molecular weight excluding hydrogens is 451 g/mol. The van der Waals surface area contributed by atoms with Crippen molar-refractivity contribution < 1.29 is 31.1 Å². The highest BCUT2D eigenvalue weighted by atomic mass is 79.9. The monoisotopic (exact) mass is 467 g/mol. The van der Waals surface area contributed by atoms with E-state index in [0.717, 1.165) is 19.2 Å². The molecule has 1 atom stereocenters. The molecule has 0 heterocycles. The molecule has 0 saturated carbocycles. The first kappa shape index (κ1) is 23.1. The van der Waals surface area contributed by atoms with E-state index in [4.69, 9.17) is 0 Å². The molecule has 1 N–H and O–H groups in total. The average Bonchev–Trinajstić information content (AvgIpc) is 2.57. The highest BCUT2D eigenvalue weighted by molar-refractivity contribution is 9.11. The van der Waals surface area contributed by atoms with E-state index in [9.17, 15) is 26.4 Å². The number of carbonyl (C=O) groups is 1. The van der Waals surface area contributed by atoms with Crippen LogP contribution in [0.25, 0.3) is 0 Å². The van der Waals surface area contributed by atoms with Crippen LogP contribution >= 0.6 is 15.9 Å². The summed E-state index contributed by atoms with van der Waals surface area (Å²) in [5.74, 6) is -0.764. The predicted octanol–water partition coefficient (Wildman–Crippen LogP) is 3.94. The Labute approximate surface area is 163 Å². The van der Waals surface area contributed by atoms with Gasteiger partial charge in [0.25, 0.3) is 0 Å². The van der Waals surface area contributed by atoms with Crippen molar-refractivity contribution in [3.63, 3.8) is 0 Å². The normalized spacial score (nSPS) is 13.7. The molecule has 27 heavy (non-hydrogen) atoms. The highest BCUT2D eigenvalue weighted by Gasteiger charge is 2.37. The standard InChI is InChI=1S/C17H17BrF3NO4S/c1-4-12(9-11(2)18)14(10-16(23)26-3)22-27(24,25)15-8-6-5-7-13(15)17(19,20)21/h4-9,14,22H,1-2,10H2,3H3/b12-9+. The molecule has 10 heteroatoms. The summed E-state index contributed by atoms with van der Waals surface area (Å²) in [5.41, 5.74) is -1.10. The summed E-state index contributed by atoms with van der Waals surface area (Å²) in [4.78, 5) is 10.7. The van der Waals surface area contributed by atoms with Crippen molar-refractivity contribution in [1.82, 2.24) is 4.72 Å². The largest absolute Gasteiger partial charge is 0.469 e. The van der Waals surface area contributed by atoms with Gasteiger partial charge >= 0.3 is 12.1 Å². The van der Waals surface area contributed by atoms with Crippen LogP contribution < -0.4 is 4.72 Å². The maximum Gasteiger partial charge on any atom is 0.417 e. The van der Waals surface area contributed by atoms with E-state index in [2.05, 4.69) is 38.5 Å². The van der Waals surface area contributed by atoms with Gasteiger partial charge in [0.15, 0.2) is 0 Å². The van der Waals surface area contributed by atoms with Crippen molar-refractivity contribution in [2.24, 2.45) is 0 Å². The molecule has 148 valence electrons. The van der Waals surface area contributed by atoms with Gasteiger partial charge in [0.1, 0.15) is 0 Å². The number of methoxy groups -OCH3 is 1. The van der Waals surface area contributed by atoms with Gasteiger partial charge in [-0.1, -0.05) is 47.3 Å². The summed E-state index contributed by atoms with van der Waals surface area (Å²) in [6.45, 7) is 7.11. The lowest BCUT2D eigenvalue weighted by Gasteiger charge is -2.21. The SMILES string of the molecule is C=C/C(=C\C(=C)Br)C(CC(=O)OC)NS(=O)(=O)c1ccccc1C(F)(F)F. The Morgan fingerprint density at radius 2 is 1.96 bits per heavy atom. The number of allylic oxidation sites excluding steroid dienone is 2. The number of rotatable bonds is 8. The van der Waals surface area contributed by atoms with Crippen LogP contribution in [0.3, 0.4) is 0 Å². The third-order valence-electron chi connectivity index (χ3n) is 3.34. The quantitative estimate of drug-likeness (QED) is 0.464. The number of hydrogen-bond donors (Lipinski definition) is 1. The Balaban J connectivity index is 3.42. The molecule has 0 amide bonds. The minimum atomic E-state index is -4.87. The molecule has 1 rings (SSSR count). The van der Waals surface area contributed by atoms with E-state index < -0.39 is 45.1 Å². The Morgan fingerprint density at radius 3 is 2.44 bits per heavy atom. The fourth-order valence-corrected chi connectivity index (χ4v) is 3.86. The second-order valence-corrected chi connectivity index (χ2v) is 7.94. The van der Waals surface area contributed by atoms with Crippen molar-refractivity contribution in [2.45, 2.75) is 23.5 Å². The number of hydrogen-bond acceptors (Lipinski definition) is 4. The van der Waals surface area contributed by atoms with Crippen LogP contribution in [0.4, 0.5) is 13.2 Å². The van der Waals surface area contributed by atoms with Gasteiger partial charge in [-0.2, -0.15) is 13.2 Å². The molecule has 1 aromatic rings. The Kier molecular flexibility index (Phi) is 8.00. The summed E-state index contributed by atoms with van der Waals surface area (Å²) >= 11 is 3.07. The van der Waals surface area contributed by atoms with Gasteiger partial charge in [-0.05, 0) is 23.8 Å². The first-order chi connectivity index (χ1) is 12.4. The second kappa shape index (κ2) is 9.34. The third-order valence-corrected chi connectivity index (χ3v) is 5.10. The highest BCUT2D eigenvalue weighted by Crippen LogP contribution is 2.34. The summed E-state index contributed by atoms with van der Waals surface area (Å²) in [5, 5.41) is 0. The molecule has 1 aromatic carbocycles. The number of alkyl halides is 3. The van der Waals surface area contributed by atoms with E-state index in [0.29, 0.717) is 10.5 Å². The van der Waals surface area contributed by atoms with Crippen molar-refractivity contribution in [2.75, 3.05) is 7.11 Å². The lowest BCUT2D eigenvalue weighted by atomic mass is 10.0. The van der Waals surface area contributed by atoms with Crippen LogP contribution in [-0.2, 0) is 25.7 Å². The number of sulfonamides is 1. The van der Waals surface area contributed by atoms with E-state index in [1.54, 1.807) is 0 Å². The smallest absolute Gasteiger partial charge is 0.417 e. The topological polar surface area (TPSA) is 72.5 Å². The Hall–Kier alpha value is -1.91. The van der Waals surface area contributed by atoms with Crippen LogP contribution in [0.2, 0.25) is 0 Å². The van der Waals surface area contributed by atoms with Gasteiger partial charge in [0.2, 0.25) is 10.0 Å². The molecule has 0 aliphatic carbocycles. The van der Waals surface area contributed by atoms with Crippen molar-refractivity contribution in [3.05, 3.63) is 65.2 Å². The van der Waals surface area contributed by atoms with Gasteiger partial charge < -0.3 is 4.74 Å². The zero-order chi connectivity index (χ0) is 20.8. The lowest BCUT2D eigenvalue weighted by Crippen LogP contribution is -2.38. The van der Waals surface area contributed by atoms with Gasteiger partial charge in [-0.3, -0.25) is 4.79 Å². The van der Waals surface area contributed by atoms with E-state index in [-0.39, 0.29) is 5.57 Å². The third kappa shape index (κ3) is 6.64. The zero-order valence-corrected chi connectivity index (χ0v) is 16.6. The fourth-order valence-electron chi connectivity index (χ4n) is 2.15. The maximum absolute atomic E-state index is 13.2. The lowest BCUT2D eigenvalue weighted by molar-refractivity contribution is -0.141. The molecule has 1 unspecified atom stereocenters. The molecule has 0 radical (unpaired) electrons. The van der Waals surface area contributed by atoms with Crippen molar-refractivity contribution in [1.29, 1.82) is 0 Å². The van der Waals surface area contributed by atoms with Crippen LogP contribution in [0, 0.1) is 0 Å². The minimum Gasteiger partial charge on any atom is -0.469 e. The molecule has 0 aliphatic heterocycles. The number of esters is 1. The number of nitrogens with one attached hydrogen (secondary N) is 1. The van der Waals surface area contributed by atoms with Crippen LogP contribution in [0.5, 0.6) is 0 Å². The summed E-state index contributed by atoms with van der Waals surface area (Å²) in [6.07, 6.45) is -2.68. The van der Waals surface area contributed by atoms with Gasteiger partial charge in [0, 0.05) is 4.48 Å². The van der Waals surface area contributed by atoms with Crippen molar-refractivity contribution >= 4 is 31.9 Å². The summed E-state index contributed by atoms with van der Waals surface area (Å²) in [6, 6.07) is 2.53.